The molecule has 0 spiro atoms. The van der Waals surface area contributed by atoms with Crippen LogP contribution in [-0.4, -0.2) is 12.5 Å². The molecule has 0 fully saturated rings. The third kappa shape index (κ3) is 7.50. The largest absolute Gasteiger partial charge is 0.399 e. The lowest BCUT2D eigenvalue weighted by atomic mass is 9.90. The summed E-state index contributed by atoms with van der Waals surface area (Å²) in [5.74, 6) is 0.152. The van der Waals surface area contributed by atoms with Crippen molar-refractivity contribution < 1.29 is 4.79 Å². The van der Waals surface area contributed by atoms with Crippen molar-refractivity contribution in [2.45, 2.75) is 46.5 Å². The lowest BCUT2D eigenvalue weighted by molar-refractivity contribution is -0.121. The molecule has 19 heavy (non-hydrogen) atoms. The number of benzene rings is 1. The van der Waals surface area contributed by atoms with Crippen molar-refractivity contribution in [1.29, 1.82) is 0 Å². The zero-order valence-corrected chi connectivity index (χ0v) is 12.3. The summed E-state index contributed by atoms with van der Waals surface area (Å²) < 4.78 is 0. The molecule has 1 aromatic rings. The fourth-order valence-electron chi connectivity index (χ4n) is 1.90. The second-order valence-corrected chi connectivity index (χ2v) is 6.26. The zero-order valence-electron chi connectivity index (χ0n) is 12.3. The zero-order chi connectivity index (χ0) is 14.3. The van der Waals surface area contributed by atoms with Crippen molar-refractivity contribution in [2.75, 3.05) is 12.3 Å². The molecule has 3 nitrogen and oxygen atoms in total. The van der Waals surface area contributed by atoms with Crippen LogP contribution in [0.1, 0.15) is 45.6 Å². The third-order valence-electron chi connectivity index (χ3n) is 3.05. The molecule has 3 heteroatoms. The molecular formula is C16H26N2O. The van der Waals surface area contributed by atoms with E-state index in [9.17, 15) is 4.79 Å². The van der Waals surface area contributed by atoms with Crippen molar-refractivity contribution in [2.24, 2.45) is 5.41 Å². The van der Waals surface area contributed by atoms with Crippen LogP contribution in [0.5, 0.6) is 0 Å². The Morgan fingerprint density at radius 2 is 1.84 bits per heavy atom. The molecule has 0 aliphatic carbocycles. The summed E-state index contributed by atoms with van der Waals surface area (Å²) in [5.41, 5.74) is 7.90. The molecule has 1 aromatic carbocycles. The Morgan fingerprint density at radius 3 is 2.42 bits per heavy atom. The van der Waals surface area contributed by atoms with Gasteiger partial charge in [0.15, 0.2) is 0 Å². The molecule has 106 valence electrons. The summed E-state index contributed by atoms with van der Waals surface area (Å²) >= 11 is 0. The van der Waals surface area contributed by atoms with Crippen LogP contribution in [0, 0.1) is 5.41 Å². The fourth-order valence-corrected chi connectivity index (χ4v) is 1.90. The van der Waals surface area contributed by atoms with Gasteiger partial charge in [0, 0.05) is 18.7 Å². The van der Waals surface area contributed by atoms with Crippen molar-refractivity contribution in [3.63, 3.8) is 0 Å². The van der Waals surface area contributed by atoms with E-state index < -0.39 is 0 Å². The first-order valence-corrected chi connectivity index (χ1v) is 6.98. The molecule has 3 N–H and O–H groups in total. The Labute approximate surface area is 116 Å². The topological polar surface area (TPSA) is 55.1 Å². The number of rotatable bonds is 6. The lowest BCUT2D eigenvalue weighted by Gasteiger charge is -2.17. The van der Waals surface area contributed by atoms with Gasteiger partial charge in [-0.3, -0.25) is 4.79 Å². The highest BCUT2D eigenvalue weighted by Crippen LogP contribution is 2.21. The van der Waals surface area contributed by atoms with E-state index in [0.29, 0.717) is 18.4 Å². The van der Waals surface area contributed by atoms with E-state index >= 15 is 0 Å². The summed E-state index contributed by atoms with van der Waals surface area (Å²) in [7, 11) is 0. The summed E-state index contributed by atoms with van der Waals surface area (Å²) in [6.07, 6.45) is 3.51. The van der Waals surface area contributed by atoms with Crippen LogP contribution in [-0.2, 0) is 11.2 Å². The van der Waals surface area contributed by atoms with Crippen molar-refractivity contribution in [3.05, 3.63) is 29.8 Å². The Hall–Kier alpha value is -1.51. The maximum absolute atomic E-state index is 11.6. The van der Waals surface area contributed by atoms with Crippen LogP contribution >= 0.6 is 0 Å². The van der Waals surface area contributed by atoms with E-state index in [1.54, 1.807) is 0 Å². The molecule has 0 saturated carbocycles. The van der Waals surface area contributed by atoms with Gasteiger partial charge >= 0.3 is 0 Å². The number of carbonyl (C=O) groups is 1. The van der Waals surface area contributed by atoms with E-state index in [1.807, 2.05) is 24.3 Å². The normalized spacial score (nSPS) is 11.3. The fraction of sp³-hybridized carbons (Fsp3) is 0.562. The van der Waals surface area contributed by atoms with Crippen molar-refractivity contribution >= 4 is 11.6 Å². The minimum absolute atomic E-state index is 0.152. The molecule has 0 aliphatic rings. The first-order valence-electron chi connectivity index (χ1n) is 6.98. The van der Waals surface area contributed by atoms with Gasteiger partial charge in [0.1, 0.15) is 0 Å². The molecule has 0 radical (unpaired) electrons. The molecule has 0 aliphatic heterocycles. The molecule has 0 heterocycles. The maximum Gasteiger partial charge on any atom is 0.220 e. The van der Waals surface area contributed by atoms with Crippen LogP contribution < -0.4 is 11.1 Å². The number of hydrogen-bond donors (Lipinski definition) is 2. The Balaban J connectivity index is 2.15. The number of anilines is 1. The molecular weight excluding hydrogens is 236 g/mol. The number of nitrogens with one attached hydrogen (secondary N) is 1. The monoisotopic (exact) mass is 262 g/mol. The SMILES string of the molecule is CC(C)(C)CCCC(=O)NCCc1ccc(N)cc1. The second kappa shape index (κ2) is 7.17. The first kappa shape index (κ1) is 15.5. The molecule has 1 rings (SSSR count). The predicted molar refractivity (Wildman–Crippen MR) is 80.9 cm³/mol. The van der Waals surface area contributed by atoms with Gasteiger partial charge in [-0.25, -0.2) is 0 Å². The van der Waals surface area contributed by atoms with Crippen LogP contribution in [0.25, 0.3) is 0 Å². The number of amides is 1. The Bertz CT molecular complexity index is 390. The molecule has 0 unspecified atom stereocenters. The minimum atomic E-state index is 0.152. The number of hydrogen-bond acceptors (Lipinski definition) is 2. The average molecular weight is 262 g/mol. The molecule has 0 saturated heterocycles. The molecule has 0 aromatic heterocycles. The molecule has 0 atom stereocenters. The average Bonchev–Trinajstić information content (AvgIpc) is 2.30. The predicted octanol–water partition coefficient (Wildman–Crippen LogP) is 3.14. The number of nitrogens with two attached hydrogens (primary N) is 1. The van der Waals surface area contributed by atoms with Gasteiger partial charge in [0.25, 0.3) is 0 Å². The summed E-state index contributed by atoms with van der Waals surface area (Å²) in [6, 6.07) is 7.78. The van der Waals surface area contributed by atoms with E-state index in [1.165, 1.54) is 5.56 Å². The number of nitrogen functional groups attached to an aromatic ring is 1. The smallest absolute Gasteiger partial charge is 0.220 e. The Morgan fingerprint density at radius 1 is 1.21 bits per heavy atom. The van der Waals surface area contributed by atoms with Gasteiger partial charge in [-0.15, -0.1) is 0 Å². The standard InChI is InChI=1S/C16H26N2O/c1-16(2,3)11-4-5-15(19)18-12-10-13-6-8-14(17)9-7-13/h6-9H,4-5,10-12,17H2,1-3H3,(H,18,19). The van der Waals surface area contributed by atoms with E-state index in [-0.39, 0.29) is 5.91 Å². The minimum Gasteiger partial charge on any atom is -0.399 e. The van der Waals surface area contributed by atoms with Crippen LogP contribution in [0.2, 0.25) is 0 Å². The van der Waals surface area contributed by atoms with Crippen molar-refractivity contribution in [3.8, 4) is 0 Å². The lowest BCUT2D eigenvalue weighted by Crippen LogP contribution is -2.25. The molecule has 1 amide bonds. The van der Waals surface area contributed by atoms with Gasteiger partial charge < -0.3 is 11.1 Å². The van der Waals surface area contributed by atoms with Gasteiger partial charge in [0.05, 0.1) is 0 Å². The van der Waals surface area contributed by atoms with Gasteiger partial charge in [-0.2, -0.15) is 0 Å². The van der Waals surface area contributed by atoms with Gasteiger partial charge in [-0.1, -0.05) is 32.9 Å². The van der Waals surface area contributed by atoms with Gasteiger partial charge in [0.2, 0.25) is 5.91 Å². The Kier molecular flexibility index (Phi) is 5.87. The number of carbonyl (C=O) groups excluding carboxylic acids is 1. The second-order valence-electron chi connectivity index (χ2n) is 6.26. The van der Waals surface area contributed by atoms with E-state index in [0.717, 1.165) is 24.9 Å². The van der Waals surface area contributed by atoms with Crippen LogP contribution in [0.3, 0.4) is 0 Å². The summed E-state index contributed by atoms with van der Waals surface area (Å²) in [6.45, 7) is 7.29. The van der Waals surface area contributed by atoms with Crippen molar-refractivity contribution in [1.82, 2.24) is 5.32 Å². The quantitative estimate of drug-likeness (QED) is 0.774. The third-order valence-corrected chi connectivity index (χ3v) is 3.05. The summed E-state index contributed by atoms with van der Waals surface area (Å²) in [4.78, 5) is 11.6. The highest BCUT2D eigenvalue weighted by Gasteiger charge is 2.10. The van der Waals surface area contributed by atoms with E-state index in [4.69, 9.17) is 5.73 Å². The molecule has 0 bridgehead atoms. The van der Waals surface area contributed by atoms with Crippen LogP contribution in [0.4, 0.5) is 5.69 Å². The summed E-state index contributed by atoms with van der Waals surface area (Å²) in [5, 5.41) is 2.96. The maximum atomic E-state index is 11.6. The van der Waals surface area contributed by atoms with Crippen LogP contribution in [0.15, 0.2) is 24.3 Å². The first-order chi connectivity index (χ1) is 8.87. The highest BCUT2D eigenvalue weighted by atomic mass is 16.1. The van der Waals surface area contributed by atoms with Gasteiger partial charge in [-0.05, 0) is 42.4 Å². The van der Waals surface area contributed by atoms with E-state index in [2.05, 4.69) is 26.1 Å². The highest BCUT2D eigenvalue weighted by molar-refractivity contribution is 5.75.